The Balaban J connectivity index is 2.86. The fourth-order valence-electron chi connectivity index (χ4n) is 1.73. The van der Waals surface area contributed by atoms with Gasteiger partial charge in [-0.3, -0.25) is 4.79 Å². The molecule has 0 saturated carbocycles. The van der Waals surface area contributed by atoms with Crippen LogP contribution in [0.1, 0.15) is 16.7 Å². The number of aryl methyl sites for hydroxylation is 1. The molecule has 16 heavy (non-hydrogen) atoms. The molecule has 0 aliphatic carbocycles. The van der Waals surface area contributed by atoms with Gasteiger partial charge in [0.05, 0.1) is 13.0 Å². The highest BCUT2D eigenvalue weighted by Gasteiger charge is 2.18. The molecule has 0 aliphatic rings. The van der Waals surface area contributed by atoms with Gasteiger partial charge >= 0.3 is 5.97 Å². The SMILES string of the molecule is COC(=O)C(CN)Cc1cccc(C)c1C. The van der Waals surface area contributed by atoms with Crippen LogP contribution in [0.2, 0.25) is 0 Å². The quantitative estimate of drug-likeness (QED) is 0.786. The van der Waals surface area contributed by atoms with Gasteiger partial charge in [0.25, 0.3) is 0 Å². The van der Waals surface area contributed by atoms with Crippen LogP contribution in [0.25, 0.3) is 0 Å². The highest BCUT2D eigenvalue weighted by molar-refractivity contribution is 5.73. The van der Waals surface area contributed by atoms with E-state index in [0.29, 0.717) is 13.0 Å². The molecule has 0 spiro atoms. The molecule has 1 atom stereocenters. The molecule has 1 rings (SSSR count). The highest BCUT2D eigenvalue weighted by atomic mass is 16.5. The number of rotatable bonds is 4. The van der Waals surface area contributed by atoms with Crippen LogP contribution in [-0.2, 0) is 16.0 Å². The molecule has 88 valence electrons. The number of esters is 1. The Labute approximate surface area is 96.6 Å². The van der Waals surface area contributed by atoms with E-state index in [1.165, 1.54) is 23.8 Å². The van der Waals surface area contributed by atoms with Crippen LogP contribution in [0.15, 0.2) is 18.2 Å². The number of nitrogens with two attached hydrogens (primary N) is 1. The van der Waals surface area contributed by atoms with Crippen LogP contribution in [0, 0.1) is 19.8 Å². The lowest BCUT2D eigenvalue weighted by Gasteiger charge is -2.14. The number of methoxy groups -OCH3 is 1. The second kappa shape index (κ2) is 5.66. The minimum absolute atomic E-state index is 0.233. The second-order valence-corrected chi connectivity index (χ2v) is 4.02. The summed E-state index contributed by atoms with van der Waals surface area (Å²) in [4.78, 5) is 11.4. The first-order chi connectivity index (χ1) is 7.60. The average Bonchev–Trinajstić information content (AvgIpc) is 2.30. The van der Waals surface area contributed by atoms with Crippen LogP contribution in [-0.4, -0.2) is 19.6 Å². The number of carbonyl (C=O) groups is 1. The predicted molar refractivity (Wildman–Crippen MR) is 64.2 cm³/mol. The van der Waals surface area contributed by atoms with Crippen molar-refractivity contribution in [3.8, 4) is 0 Å². The van der Waals surface area contributed by atoms with Gasteiger partial charge in [-0.05, 0) is 37.0 Å². The molecule has 0 aliphatic heterocycles. The van der Waals surface area contributed by atoms with Gasteiger partial charge in [-0.25, -0.2) is 0 Å². The monoisotopic (exact) mass is 221 g/mol. The van der Waals surface area contributed by atoms with Crippen LogP contribution in [0.4, 0.5) is 0 Å². The number of hydrogen-bond donors (Lipinski definition) is 1. The van der Waals surface area contributed by atoms with Crippen molar-refractivity contribution >= 4 is 5.97 Å². The summed E-state index contributed by atoms with van der Waals surface area (Å²) in [5.41, 5.74) is 9.21. The average molecular weight is 221 g/mol. The van der Waals surface area contributed by atoms with Crippen molar-refractivity contribution in [2.45, 2.75) is 20.3 Å². The fraction of sp³-hybridized carbons (Fsp3) is 0.462. The van der Waals surface area contributed by atoms with Gasteiger partial charge in [0, 0.05) is 6.54 Å². The summed E-state index contributed by atoms with van der Waals surface area (Å²) in [5.74, 6) is -0.478. The molecule has 1 aromatic carbocycles. The Morgan fingerprint density at radius 3 is 2.69 bits per heavy atom. The Bertz CT molecular complexity index is 374. The molecule has 3 nitrogen and oxygen atoms in total. The van der Waals surface area contributed by atoms with E-state index in [0.717, 1.165) is 0 Å². The van der Waals surface area contributed by atoms with Gasteiger partial charge in [-0.1, -0.05) is 18.2 Å². The van der Waals surface area contributed by atoms with Crippen LogP contribution in [0.3, 0.4) is 0 Å². The number of benzene rings is 1. The smallest absolute Gasteiger partial charge is 0.310 e. The zero-order valence-electron chi connectivity index (χ0n) is 10.1. The van der Waals surface area contributed by atoms with Gasteiger partial charge in [0.1, 0.15) is 0 Å². The molecule has 0 amide bonds. The number of carbonyl (C=O) groups excluding carboxylic acids is 1. The summed E-state index contributed by atoms with van der Waals surface area (Å²) in [6.07, 6.45) is 0.649. The van der Waals surface area contributed by atoms with E-state index in [-0.39, 0.29) is 11.9 Å². The van der Waals surface area contributed by atoms with Crippen molar-refractivity contribution in [1.82, 2.24) is 0 Å². The Kier molecular flexibility index (Phi) is 4.50. The molecule has 0 heterocycles. The molecule has 2 N–H and O–H groups in total. The van der Waals surface area contributed by atoms with Crippen molar-refractivity contribution in [3.05, 3.63) is 34.9 Å². The zero-order chi connectivity index (χ0) is 12.1. The second-order valence-electron chi connectivity index (χ2n) is 4.02. The van der Waals surface area contributed by atoms with Crippen LogP contribution in [0.5, 0.6) is 0 Å². The first-order valence-electron chi connectivity index (χ1n) is 5.43. The van der Waals surface area contributed by atoms with Gasteiger partial charge < -0.3 is 10.5 Å². The molecular weight excluding hydrogens is 202 g/mol. The molecule has 0 saturated heterocycles. The third kappa shape index (κ3) is 2.83. The minimum Gasteiger partial charge on any atom is -0.469 e. The molecule has 1 aromatic rings. The third-order valence-corrected chi connectivity index (χ3v) is 3.00. The zero-order valence-corrected chi connectivity index (χ0v) is 10.1. The molecule has 1 unspecified atom stereocenters. The van der Waals surface area contributed by atoms with Gasteiger partial charge in [0.15, 0.2) is 0 Å². The summed E-state index contributed by atoms with van der Waals surface area (Å²) in [6, 6.07) is 6.10. The van der Waals surface area contributed by atoms with E-state index in [1.54, 1.807) is 0 Å². The molecule has 0 radical (unpaired) electrons. The first kappa shape index (κ1) is 12.7. The Morgan fingerprint density at radius 2 is 2.12 bits per heavy atom. The van der Waals surface area contributed by atoms with E-state index >= 15 is 0 Å². The van der Waals surface area contributed by atoms with Gasteiger partial charge in [-0.15, -0.1) is 0 Å². The lowest BCUT2D eigenvalue weighted by molar-refractivity contribution is -0.145. The van der Waals surface area contributed by atoms with E-state index in [1.807, 2.05) is 12.1 Å². The maximum atomic E-state index is 11.4. The van der Waals surface area contributed by atoms with Gasteiger partial charge in [0.2, 0.25) is 0 Å². The van der Waals surface area contributed by atoms with Crippen LogP contribution < -0.4 is 5.73 Å². The molecule has 0 fully saturated rings. The molecular formula is C13H19NO2. The third-order valence-electron chi connectivity index (χ3n) is 3.00. The molecule has 0 bridgehead atoms. The van der Waals surface area contributed by atoms with Crippen molar-refractivity contribution in [2.24, 2.45) is 11.7 Å². The maximum absolute atomic E-state index is 11.4. The number of ether oxygens (including phenoxy) is 1. The van der Waals surface area contributed by atoms with Gasteiger partial charge in [-0.2, -0.15) is 0 Å². The summed E-state index contributed by atoms with van der Waals surface area (Å²) < 4.78 is 4.73. The highest BCUT2D eigenvalue weighted by Crippen LogP contribution is 2.17. The van der Waals surface area contributed by atoms with Crippen molar-refractivity contribution < 1.29 is 9.53 Å². The van der Waals surface area contributed by atoms with E-state index in [4.69, 9.17) is 10.5 Å². The standard InChI is InChI=1S/C13H19NO2/c1-9-5-4-6-11(10(9)2)7-12(8-14)13(15)16-3/h4-6,12H,7-8,14H2,1-3H3. The summed E-state index contributed by atoms with van der Waals surface area (Å²) in [5, 5.41) is 0. The number of hydrogen-bond acceptors (Lipinski definition) is 3. The lowest BCUT2D eigenvalue weighted by Crippen LogP contribution is -2.27. The topological polar surface area (TPSA) is 52.3 Å². The Hall–Kier alpha value is -1.35. The maximum Gasteiger partial charge on any atom is 0.310 e. The summed E-state index contributed by atoms with van der Waals surface area (Å²) in [7, 11) is 1.40. The van der Waals surface area contributed by atoms with Crippen molar-refractivity contribution in [2.75, 3.05) is 13.7 Å². The van der Waals surface area contributed by atoms with Crippen molar-refractivity contribution in [3.63, 3.8) is 0 Å². The van der Waals surface area contributed by atoms with E-state index in [2.05, 4.69) is 19.9 Å². The van der Waals surface area contributed by atoms with E-state index in [9.17, 15) is 4.79 Å². The molecule has 0 aromatic heterocycles. The fourth-order valence-corrected chi connectivity index (χ4v) is 1.73. The lowest BCUT2D eigenvalue weighted by atomic mass is 9.94. The minimum atomic E-state index is -0.245. The van der Waals surface area contributed by atoms with E-state index < -0.39 is 0 Å². The Morgan fingerprint density at radius 1 is 1.44 bits per heavy atom. The predicted octanol–water partition coefficient (Wildman–Crippen LogP) is 1.59. The first-order valence-corrected chi connectivity index (χ1v) is 5.43. The summed E-state index contributed by atoms with van der Waals surface area (Å²) >= 11 is 0. The van der Waals surface area contributed by atoms with Crippen molar-refractivity contribution in [1.29, 1.82) is 0 Å². The van der Waals surface area contributed by atoms with Crippen LogP contribution >= 0.6 is 0 Å². The largest absolute Gasteiger partial charge is 0.469 e. The normalized spacial score (nSPS) is 12.2. The summed E-state index contributed by atoms with van der Waals surface area (Å²) in [6.45, 7) is 4.45. The molecule has 3 heteroatoms.